The van der Waals surface area contributed by atoms with Gasteiger partial charge in [-0.1, -0.05) is 19.0 Å². The molecule has 20 heavy (non-hydrogen) atoms. The summed E-state index contributed by atoms with van der Waals surface area (Å²) in [7, 11) is 0. The molecule has 1 rings (SSSR count). The van der Waals surface area contributed by atoms with E-state index in [0.29, 0.717) is 12.2 Å². The van der Waals surface area contributed by atoms with E-state index in [1.54, 1.807) is 0 Å². The van der Waals surface area contributed by atoms with Gasteiger partial charge in [0.05, 0.1) is 0 Å². The average Bonchev–Trinajstić information content (AvgIpc) is 2.44. The van der Waals surface area contributed by atoms with Crippen LogP contribution in [0.4, 0.5) is 0 Å². The standard InChI is InChI=1S/C15H25N3O2/c1-5-18(6-2)7-8-20-14-11(3)9-13(10-12(14)4)15(16)17-19/h9-10,19H,5-8H2,1-4H3,(H2,16,17). The van der Waals surface area contributed by atoms with E-state index in [2.05, 4.69) is 23.9 Å². The number of amidine groups is 1. The van der Waals surface area contributed by atoms with Crippen LogP contribution in [0.2, 0.25) is 0 Å². The summed E-state index contributed by atoms with van der Waals surface area (Å²) in [5.74, 6) is 0.998. The first kappa shape index (κ1) is 16.3. The second-order valence-electron chi connectivity index (χ2n) is 4.80. The van der Waals surface area contributed by atoms with E-state index in [0.717, 1.165) is 36.5 Å². The summed E-state index contributed by atoms with van der Waals surface area (Å²) in [4.78, 5) is 2.31. The summed E-state index contributed by atoms with van der Waals surface area (Å²) in [6.45, 7) is 11.8. The second-order valence-corrected chi connectivity index (χ2v) is 4.80. The van der Waals surface area contributed by atoms with E-state index >= 15 is 0 Å². The SMILES string of the molecule is CCN(CC)CCOc1c(C)cc(C(N)=NO)cc1C. The first-order valence-corrected chi connectivity index (χ1v) is 6.97. The lowest BCUT2D eigenvalue weighted by Crippen LogP contribution is -2.28. The summed E-state index contributed by atoms with van der Waals surface area (Å²) in [5, 5.41) is 11.7. The summed E-state index contributed by atoms with van der Waals surface area (Å²) >= 11 is 0. The molecule has 0 fully saturated rings. The lowest BCUT2D eigenvalue weighted by atomic mass is 10.1. The predicted molar refractivity (Wildman–Crippen MR) is 81.7 cm³/mol. The van der Waals surface area contributed by atoms with Crippen LogP contribution in [-0.2, 0) is 0 Å². The van der Waals surface area contributed by atoms with E-state index in [4.69, 9.17) is 15.7 Å². The van der Waals surface area contributed by atoms with Gasteiger partial charge in [0.1, 0.15) is 12.4 Å². The van der Waals surface area contributed by atoms with Gasteiger partial charge in [0.15, 0.2) is 5.84 Å². The van der Waals surface area contributed by atoms with Crippen molar-refractivity contribution in [2.24, 2.45) is 10.9 Å². The Kier molecular flexibility index (Phi) is 6.31. The molecule has 0 saturated heterocycles. The molecular formula is C15H25N3O2. The largest absolute Gasteiger partial charge is 0.492 e. The number of hydrogen-bond donors (Lipinski definition) is 2. The zero-order valence-electron chi connectivity index (χ0n) is 12.8. The maximum absolute atomic E-state index is 8.72. The molecule has 0 unspecified atom stereocenters. The smallest absolute Gasteiger partial charge is 0.170 e. The van der Waals surface area contributed by atoms with Crippen LogP contribution in [0.25, 0.3) is 0 Å². The van der Waals surface area contributed by atoms with Gasteiger partial charge in [-0.25, -0.2) is 0 Å². The first-order chi connectivity index (χ1) is 9.53. The van der Waals surface area contributed by atoms with E-state index in [9.17, 15) is 0 Å². The number of aryl methyl sites for hydroxylation is 2. The van der Waals surface area contributed by atoms with Crippen LogP contribution >= 0.6 is 0 Å². The van der Waals surface area contributed by atoms with Crippen LogP contribution in [-0.4, -0.2) is 42.2 Å². The number of rotatable bonds is 7. The summed E-state index contributed by atoms with van der Waals surface area (Å²) in [6, 6.07) is 3.74. The third-order valence-electron chi connectivity index (χ3n) is 3.41. The fourth-order valence-electron chi connectivity index (χ4n) is 2.20. The molecule has 0 amide bonds. The third-order valence-corrected chi connectivity index (χ3v) is 3.41. The van der Waals surface area contributed by atoms with Gasteiger partial charge in [0.25, 0.3) is 0 Å². The summed E-state index contributed by atoms with van der Waals surface area (Å²) < 4.78 is 5.89. The van der Waals surface area contributed by atoms with E-state index in [-0.39, 0.29) is 5.84 Å². The molecule has 0 aliphatic heterocycles. The number of nitrogens with two attached hydrogens (primary N) is 1. The topological polar surface area (TPSA) is 71.1 Å². The molecule has 0 radical (unpaired) electrons. The lowest BCUT2D eigenvalue weighted by Gasteiger charge is -2.19. The Morgan fingerprint density at radius 3 is 2.25 bits per heavy atom. The minimum absolute atomic E-state index is 0.117. The van der Waals surface area contributed by atoms with Crippen LogP contribution in [0.5, 0.6) is 5.75 Å². The normalized spacial score (nSPS) is 11.9. The predicted octanol–water partition coefficient (Wildman–Crippen LogP) is 2.12. The van der Waals surface area contributed by atoms with E-state index in [1.807, 2.05) is 26.0 Å². The van der Waals surface area contributed by atoms with Gasteiger partial charge in [-0.15, -0.1) is 0 Å². The molecule has 0 heterocycles. The molecule has 0 aliphatic rings. The Morgan fingerprint density at radius 2 is 1.80 bits per heavy atom. The fraction of sp³-hybridized carbons (Fsp3) is 0.533. The van der Waals surface area contributed by atoms with Gasteiger partial charge in [-0.2, -0.15) is 0 Å². The quantitative estimate of drug-likeness (QED) is 0.347. The number of likely N-dealkylation sites (N-methyl/N-ethyl adjacent to an activating group) is 1. The van der Waals surface area contributed by atoms with Crippen LogP contribution in [0.15, 0.2) is 17.3 Å². The molecule has 5 heteroatoms. The van der Waals surface area contributed by atoms with Crippen molar-refractivity contribution in [1.29, 1.82) is 0 Å². The number of hydrogen-bond acceptors (Lipinski definition) is 4. The second kappa shape index (κ2) is 7.75. The number of nitrogens with zero attached hydrogens (tertiary/aromatic N) is 2. The highest BCUT2D eigenvalue weighted by Gasteiger charge is 2.09. The van der Waals surface area contributed by atoms with Crippen molar-refractivity contribution in [2.75, 3.05) is 26.2 Å². The highest BCUT2D eigenvalue weighted by molar-refractivity contribution is 5.97. The Balaban J connectivity index is 2.77. The third kappa shape index (κ3) is 4.13. The van der Waals surface area contributed by atoms with Crippen LogP contribution in [0.1, 0.15) is 30.5 Å². The van der Waals surface area contributed by atoms with Gasteiger partial charge in [-0.3, -0.25) is 0 Å². The molecule has 0 spiro atoms. The van der Waals surface area contributed by atoms with Crippen molar-refractivity contribution in [3.8, 4) is 5.75 Å². The van der Waals surface area contributed by atoms with Gasteiger partial charge >= 0.3 is 0 Å². The Hall–Kier alpha value is -1.75. The van der Waals surface area contributed by atoms with Crippen molar-refractivity contribution in [1.82, 2.24) is 4.90 Å². The van der Waals surface area contributed by atoms with Crippen molar-refractivity contribution < 1.29 is 9.94 Å². The number of ether oxygens (including phenoxy) is 1. The average molecular weight is 279 g/mol. The minimum atomic E-state index is 0.117. The van der Waals surface area contributed by atoms with Crippen LogP contribution in [0.3, 0.4) is 0 Å². The zero-order valence-corrected chi connectivity index (χ0v) is 12.8. The maximum atomic E-state index is 8.72. The molecule has 0 aromatic heterocycles. The number of benzene rings is 1. The van der Waals surface area contributed by atoms with Crippen LogP contribution in [0, 0.1) is 13.8 Å². The molecule has 1 aromatic rings. The molecule has 3 N–H and O–H groups in total. The van der Waals surface area contributed by atoms with Gasteiger partial charge in [-0.05, 0) is 50.2 Å². The molecule has 112 valence electrons. The molecule has 5 nitrogen and oxygen atoms in total. The van der Waals surface area contributed by atoms with E-state index < -0.39 is 0 Å². The Labute approximate surface area is 121 Å². The molecule has 1 aromatic carbocycles. The highest BCUT2D eigenvalue weighted by Crippen LogP contribution is 2.24. The maximum Gasteiger partial charge on any atom is 0.170 e. The molecule has 0 saturated carbocycles. The Morgan fingerprint density at radius 1 is 1.25 bits per heavy atom. The molecule has 0 bridgehead atoms. The fourth-order valence-corrected chi connectivity index (χ4v) is 2.20. The van der Waals surface area contributed by atoms with E-state index in [1.165, 1.54) is 0 Å². The minimum Gasteiger partial charge on any atom is -0.492 e. The highest BCUT2D eigenvalue weighted by atomic mass is 16.5. The first-order valence-electron chi connectivity index (χ1n) is 6.97. The molecule has 0 aliphatic carbocycles. The monoisotopic (exact) mass is 279 g/mol. The summed E-state index contributed by atoms with van der Waals surface area (Å²) in [6.07, 6.45) is 0. The molecule has 0 atom stereocenters. The zero-order chi connectivity index (χ0) is 15.1. The van der Waals surface area contributed by atoms with Crippen molar-refractivity contribution in [3.63, 3.8) is 0 Å². The van der Waals surface area contributed by atoms with Gasteiger partial charge in [0.2, 0.25) is 0 Å². The Bertz CT molecular complexity index is 445. The van der Waals surface area contributed by atoms with Gasteiger partial charge in [0, 0.05) is 12.1 Å². The van der Waals surface area contributed by atoms with Gasteiger partial charge < -0.3 is 20.6 Å². The molecular weight excluding hydrogens is 254 g/mol. The van der Waals surface area contributed by atoms with Crippen molar-refractivity contribution in [2.45, 2.75) is 27.7 Å². The summed E-state index contributed by atoms with van der Waals surface area (Å²) in [5.41, 5.74) is 8.30. The lowest BCUT2D eigenvalue weighted by molar-refractivity contribution is 0.221. The van der Waals surface area contributed by atoms with Crippen LogP contribution < -0.4 is 10.5 Å². The van der Waals surface area contributed by atoms with Crippen molar-refractivity contribution in [3.05, 3.63) is 28.8 Å². The van der Waals surface area contributed by atoms with Crippen molar-refractivity contribution >= 4 is 5.84 Å². The number of oxime groups is 1.